The Morgan fingerprint density at radius 1 is 1.10 bits per heavy atom. The first-order chi connectivity index (χ1) is 14.7. The molecule has 0 aliphatic carbocycles. The molecule has 1 aromatic heterocycles. The molecule has 7 heteroatoms. The average molecular weight is 412 g/mol. The van der Waals surface area contributed by atoms with Crippen LogP contribution in [0.5, 0.6) is 11.6 Å². The number of ether oxygens (including phenoxy) is 2. The molecule has 162 valence electrons. The molecule has 3 rings (SSSR count). The summed E-state index contributed by atoms with van der Waals surface area (Å²) < 4.78 is 10.8. The zero-order chi connectivity index (χ0) is 21.2. The van der Waals surface area contributed by atoms with E-state index in [0.29, 0.717) is 12.4 Å². The van der Waals surface area contributed by atoms with Gasteiger partial charge in [0.25, 0.3) is 0 Å². The summed E-state index contributed by atoms with van der Waals surface area (Å²) in [6, 6.07) is 12.4. The smallest absolute Gasteiger partial charge is 0.212 e. The lowest BCUT2D eigenvalue weighted by Gasteiger charge is -2.30. The maximum absolute atomic E-state index is 5.65. The molecule has 2 N–H and O–H groups in total. The standard InChI is InChI=1S/C23H33N5O2/c1-4-24-23(26-16-18-11-12-22(30-3)25-15-18)27-17-20(28-13-7-8-14-28)19-9-5-6-10-21(19)29-2/h5-6,9-12,15,20H,4,7-8,13-14,16-17H2,1-3H3,(H2,24,26,27). The van der Waals surface area contributed by atoms with E-state index in [1.807, 2.05) is 24.3 Å². The number of guanidine groups is 1. The molecule has 0 spiro atoms. The predicted molar refractivity (Wildman–Crippen MR) is 120 cm³/mol. The van der Waals surface area contributed by atoms with E-state index in [1.54, 1.807) is 20.4 Å². The monoisotopic (exact) mass is 411 g/mol. The minimum atomic E-state index is 0.232. The second-order valence-electron chi connectivity index (χ2n) is 7.29. The van der Waals surface area contributed by atoms with Gasteiger partial charge in [-0.2, -0.15) is 0 Å². The van der Waals surface area contributed by atoms with Crippen LogP contribution in [0, 0.1) is 0 Å². The summed E-state index contributed by atoms with van der Waals surface area (Å²) in [5.41, 5.74) is 2.25. The lowest BCUT2D eigenvalue weighted by Crippen LogP contribution is -2.42. The molecular formula is C23H33N5O2. The molecule has 30 heavy (non-hydrogen) atoms. The fourth-order valence-corrected chi connectivity index (χ4v) is 3.76. The number of hydrogen-bond acceptors (Lipinski definition) is 5. The van der Waals surface area contributed by atoms with Crippen molar-refractivity contribution in [3.8, 4) is 11.6 Å². The minimum Gasteiger partial charge on any atom is -0.496 e. The third kappa shape index (κ3) is 5.86. The number of aliphatic imine (C=N–C) groups is 1. The first-order valence-electron chi connectivity index (χ1n) is 10.6. The SMILES string of the molecule is CCNC(=NCc1ccc(OC)nc1)NCC(c1ccccc1OC)N1CCCC1. The Morgan fingerprint density at radius 3 is 2.57 bits per heavy atom. The highest BCUT2D eigenvalue weighted by Gasteiger charge is 2.26. The van der Waals surface area contributed by atoms with Crippen molar-refractivity contribution in [2.45, 2.75) is 32.4 Å². The molecular weight excluding hydrogens is 378 g/mol. The van der Waals surface area contributed by atoms with Crippen molar-refractivity contribution in [3.05, 3.63) is 53.7 Å². The van der Waals surface area contributed by atoms with Gasteiger partial charge in [-0.25, -0.2) is 9.98 Å². The highest BCUT2D eigenvalue weighted by molar-refractivity contribution is 5.79. The van der Waals surface area contributed by atoms with E-state index in [9.17, 15) is 0 Å². The van der Waals surface area contributed by atoms with E-state index in [-0.39, 0.29) is 6.04 Å². The normalized spacial score (nSPS) is 15.6. The van der Waals surface area contributed by atoms with Gasteiger partial charge in [-0.1, -0.05) is 24.3 Å². The molecule has 7 nitrogen and oxygen atoms in total. The Hall–Kier alpha value is -2.80. The van der Waals surface area contributed by atoms with Crippen molar-refractivity contribution in [2.24, 2.45) is 4.99 Å². The van der Waals surface area contributed by atoms with Gasteiger partial charge in [0.1, 0.15) is 5.75 Å². The maximum atomic E-state index is 5.65. The number of nitrogens with zero attached hydrogens (tertiary/aromatic N) is 3. The molecule has 1 saturated heterocycles. The van der Waals surface area contributed by atoms with E-state index in [4.69, 9.17) is 14.5 Å². The van der Waals surface area contributed by atoms with Crippen LogP contribution in [0.2, 0.25) is 0 Å². The highest BCUT2D eigenvalue weighted by Crippen LogP contribution is 2.31. The molecule has 2 aromatic rings. The van der Waals surface area contributed by atoms with Gasteiger partial charge in [0.2, 0.25) is 5.88 Å². The van der Waals surface area contributed by atoms with E-state index in [2.05, 4.69) is 39.6 Å². The van der Waals surface area contributed by atoms with Crippen LogP contribution in [0.3, 0.4) is 0 Å². The first kappa shape index (κ1) is 21.9. The van der Waals surface area contributed by atoms with E-state index in [0.717, 1.165) is 43.5 Å². The van der Waals surface area contributed by atoms with Gasteiger partial charge >= 0.3 is 0 Å². The average Bonchev–Trinajstić information content (AvgIpc) is 3.33. The van der Waals surface area contributed by atoms with E-state index in [1.165, 1.54) is 18.4 Å². The Morgan fingerprint density at radius 2 is 1.90 bits per heavy atom. The number of methoxy groups -OCH3 is 2. The van der Waals surface area contributed by atoms with Gasteiger partial charge in [0.15, 0.2) is 5.96 Å². The molecule has 1 aromatic carbocycles. The van der Waals surface area contributed by atoms with Crippen LogP contribution in [0.1, 0.15) is 36.9 Å². The minimum absolute atomic E-state index is 0.232. The molecule has 0 bridgehead atoms. The summed E-state index contributed by atoms with van der Waals surface area (Å²) in [4.78, 5) is 11.5. The van der Waals surface area contributed by atoms with Gasteiger partial charge in [0.05, 0.1) is 26.8 Å². The number of nitrogens with one attached hydrogen (secondary N) is 2. The fraction of sp³-hybridized carbons (Fsp3) is 0.478. The summed E-state index contributed by atoms with van der Waals surface area (Å²) in [5.74, 6) is 2.34. The lowest BCUT2D eigenvalue weighted by atomic mass is 10.0. The van der Waals surface area contributed by atoms with Crippen LogP contribution in [0.4, 0.5) is 0 Å². The fourth-order valence-electron chi connectivity index (χ4n) is 3.76. The molecule has 1 fully saturated rings. The molecule has 1 aliphatic rings. The molecule has 0 saturated carbocycles. The van der Waals surface area contributed by atoms with Crippen LogP contribution < -0.4 is 20.1 Å². The number of benzene rings is 1. The lowest BCUT2D eigenvalue weighted by molar-refractivity contribution is 0.239. The summed E-state index contributed by atoms with van der Waals surface area (Å²) in [5, 5.41) is 6.88. The van der Waals surface area contributed by atoms with Crippen LogP contribution in [-0.2, 0) is 6.54 Å². The van der Waals surface area contributed by atoms with Crippen molar-refractivity contribution in [2.75, 3.05) is 40.4 Å². The summed E-state index contributed by atoms with van der Waals surface area (Å²) in [7, 11) is 3.35. The molecule has 0 radical (unpaired) electrons. The molecule has 1 unspecified atom stereocenters. The van der Waals surface area contributed by atoms with Gasteiger partial charge in [-0.15, -0.1) is 0 Å². The van der Waals surface area contributed by atoms with Gasteiger partial charge in [-0.3, -0.25) is 4.90 Å². The van der Waals surface area contributed by atoms with Crippen molar-refractivity contribution in [1.82, 2.24) is 20.5 Å². The van der Waals surface area contributed by atoms with Gasteiger partial charge in [0, 0.05) is 30.9 Å². The Balaban J connectivity index is 1.71. The van der Waals surface area contributed by atoms with Crippen molar-refractivity contribution in [1.29, 1.82) is 0 Å². The predicted octanol–water partition coefficient (Wildman–Crippen LogP) is 2.99. The Labute approximate surface area is 179 Å². The summed E-state index contributed by atoms with van der Waals surface area (Å²) >= 11 is 0. The number of aromatic nitrogens is 1. The zero-order valence-corrected chi connectivity index (χ0v) is 18.2. The molecule has 1 atom stereocenters. The van der Waals surface area contributed by atoms with Crippen LogP contribution >= 0.6 is 0 Å². The zero-order valence-electron chi connectivity index (χ0n) is 18.2. The first-order valence-corrected chi connectivity index (χ1v) is 10.6. The highest BCUT2D eigenvalue weighted by atomic mass is 16.5. The number of likely N-dealkylation sites (tertiary alicyclic amines) is 1. The third-order valence-corrected chi connectivity index (χ3v) is 5.31. The third-order valence-electron chi connectivity index (χ3n) is 5.31. The summed E-state index contributed by atoms with van der Waals surface area (Å²) in [6.07, 6.45) is 4.28. The van der Waals surface area contributed by atoms with Gasteiger partial charge in [-0.05, 0) is 44.5 Å². The Kier molecular flexibility index (Phi) is 8.32. The van der Waals surface area contributed by atoms with Crippen molar-refractivity contribution in [3.63, 3.8) is 0 Å². The molecule has 1 aliphatic heterocycles. The molecule has 2 heterocycles. The van der Waals surface area contributed by atoms with Gasteiger partial charge < -0.3 is 20.1 Å². The number of hydrogen-bond donors (Lipinski definition) is 2. The quantitative estimate of drug-likeness (QED) is 0.488. The van der Waals surface area contributed by atoms with E-state index >= 15 is 0 Å². The van der Waals surface area contributed by atoms with Crippen molar-refractivity contribution < 1.29 is 9.47 Å². The second-order valence-corrected chi connectivity index (χ2v) is 7.29. The van der Waals surface area contributed by atoms with Crippen LogP contribution in [0.25, 0.3) is 0 Å². The summed E-state index contributed by atoms with van der Waals surface area (Å²) in [6.45, 7) is 6.40. The van der Waals surface area contributed by atoms with Crippen LogP contribution in [-0.4, -0.2) is 56.2 Å². The van der Waals surface area contributed by atoms with Crippen LogP contribution in [0.15, 0.2) is 47.6 Å². The Bertz CT molecular complexity index is 803. The van der Waals surface area contributed by atoms with E-state index < -0.39 is 0 Å². The largest absolute Gasteiger partial charge is 0.496 e. The number of para-hydroxylation sites is 1. The number of rotatable bonds is 9. The number of pyridine rings is 1. The second kappa shape index (κ2) is 11.4. The maximum Gasteiger partial charge on any atom is 0.212 e. The topological polar surface area (TPSA) is 71.0 Å². The molecule has 0 amide bonds. The van der Waals surface area contributed by atoms with Crippen molar-refractivity contribution >= 4 is 5.96 Å².